The third-order valence-electron chi connectivity index (χ3n) is 5.77. The SMILES string of the molecule is O=C(O)C(F)(F)F.O=C(c1cnccn1)N1CCC2(CCC(=O)N2Cc2ccncc2)CC1. The van der Waals surface area contributed by atoms with Gasteiger partial charge < -0.3 is 14.9 Å². The maximum absolute atomic E-state index is 12.6. The first-order valence-corrected chi connectivity index (χ1v) is 10.2. The summed E-state index contributed by atoms with van der Waals surface area (Å²) in [5.74, 6) is -2.64. The molecule has 2 aromatic heterocycles. The van der Waals surface area contributed by atoms with Crippen LogP contribution >= 0.6 is 0 Å². The summed E-state index contributed by atoms with van der Waals surface area (Å²) in [7, 11) is 0. The molecule has 2 fully saturated rings. The lowest BCUT2D eigenvalue weighted by atomic mass is 9.84. The van der Waals surface area contributed by atoms with Gasteiger partial charge in [-0.3, -0.25) is 19.6 Å². The van der Waals surface area contributed by atoms with Crippen LogP contribution in [0.4, 0.5) is 13.2 Å². The predicted molar refractivity (Wildman–Crippen MR) is 108 cm³/mol. The predicted octanol–water partition coefficient (Wildman–Crippen LogP) is 2.30. The van der Waals surface area contributed by atoms with Crippen LogP contribution in [0, 0.1) is 0 Å². The Balaban J connectivity index is 0.000000383. The highest BCUT2D eigenvalue weighted by atomic mass is 19.4. The lowest BCUT2D eigenvalue weighted by molar-refractivity contribution is -0.192. The molecule has 0 saturated carbocycles. The Morgan fingerprint density at radius 1 is 1.03 bits per heavy atom. The van der Waals surface area contributed by atoms with Crippen molar-refractivity contribution < 1.29 is 32.7 Å². The average molecular weight is 465 g/mol. The van der Waals surface area contributed by atoms with Crippen molar-refractivity contribution in [2.75, 3.05) is 13.1 Å². The van der Waals surface area contributed by atoms with Crippen molar-refractivity contribution in [3.63, 3.8) is 0 Å². The van der Waals surface area contributed by atoms with E-state index in [9.17, 15) is 22.8 Å². The number of hydrogen-bond donors (Lipinski definition) is 1. The molecule has 4 rings (SSSR count). The first-order valence-electron chi connectivity index (χ1n) is 10.2. The molecule has 0 unspecified atom stereocenters. The Labute approximate surface area is 187 Å². The van der Waals surface area contributed by atoms with Crippen LogP contribution in [0.3, 0.4) is 0 Å². The molecule has 0 radical (unpaired) electrons. The van der Waals surface area contributed by atoms with Crippen LogP contribution in [-0.2, 0) is 16.1 Å². The number of rotatable bonds is 3. The second-order valence-corrected chi connectivity index (χ2v) is 7.75. The number of likely N-dealkylation sites (tertiary alicyclic amines) is 2. The number of carbonyl (C=O) groups excluding carboxylic acids is 2. The number of carboxylic acids is 1. The fourth-order valence-electron chi connectivity index (χ4n) is 4.02. The largest absolute Gasteiger partial charge is 0.490 e. The molecule has 33 heavy (non-hydrogen) atoms. The Bertz CT molecular complexity index is 980. The van der Waals surface area contributed by atoms with E-state index >= 15 is 0 Å². The number of carbonyl (C=O) groups is 3. The summed E-state index contributed by atoms with van der Waals surface area (Å²) in [6.45, 7) is 1.88. The van der Waals surface area contributed by atoms with Gasteiger partial charge in [0.25, 0.3) is 5.91 Å². The van der Waals surface area contributed by atoms with Gasteiger partial charge in [0.1, 0.15) is 5.69 Å². The molecule has 0 bridgehead atoms. The molecule has 12 heteroatoms. The number of aromatic nitrogens is 3. The Kier molecular flexibility index (Phi) is 7.24. The minimum absolute atomic E-state index is 0.0852. The van der Waals surface area contributed by atoms with E-state index in [0.29, 0.717) is 31.7 Å². The first kappa shape index (κ1) is 24.1. The fourth-order valence-corrected chi connectivity index (χ4v) is 4.02. The molecule has 4 heterocycles. The molecule has 9 nitrogen and oxygen atoms in total. The minimum Gasteiger partial charge on any atom is -0.475 e. The second kappa shape index (κ2) is 9.92. The summed E-state index contributed by atoms with van der Waals surface area (Å²) in [5, 5.41) is 7.12. The van der Waals surface area contributed by atoms with E-state index in [-0.39, 0.29) is 17.4 Å². The summed E-state index contributed by atoms with van der Waals surface area (Å²) in [4.78, 5) is 49.9. The van der Waals surface area contributed by atoms with Crippen LogP contribution in [0.15, 0.2) is 43.1 Å². The summed E-state index contributed by atoms with van der Waals surface area (Å²) in [6, 6.07) is 3.90. The Hall–Kier alpha value is -3.57. The third kappa shape index (κ3) is 5.82. The van der Waals surface area contributed by atoms with Crippen molar-refractivity contribution in [3.8, 4) is 0 Å². The molecule has 1 spiro atoms. The van der Waals surface area contributed by atoms with Gasteiger partial charge >= 0.3 is 12.1 Å². The van der Waals surface area contributed by atoms with E-state index in [1.165, 1.54) is 12.4 Å². The van der Waals surface area contributed by atoms with Gasteiger partial charge in [-0.1, -0.05) is 0 Å². The van der Waals surface area contributed by atoms with Crippen molar-refractivity contribution in [2.24, 2.45) is 0 Å². The maximum Gasteiger partial charge on any atom is 0.490 e. The summed E-state index contributed by atoms with van der Waals surface area (Å²) < 4.78 is 31.7. The number of hydrogen-bond acceptors (Lipinski definition) is 6. The van der Waals surface area contributed by atoms with Gasteiger partial charge in [0, 0.05) is 56.4 Å². The van der Waals surface area contributed by atoms with Crippen LogP contribution in [0.5, 0.6) is 0 Å². The zero-order valence-corrected chi connectivity index (χ0v) is 17.5. The number of aliphatic carboxylic acids is 1. The van der Waals surface area contributed by atoms with Crippen LogP contribution < -0.4 is 0 Å². The molecule has 0 aromatic carbocycles. The molecule has 2 saturated heterocycles. The Morgan fingerprint density at radius 3 is 2.21 bits per heavy atom. The first-order chi connectivity index (χ1) is 15.6. The van der Waals surface area contributed by atoms with Crippen LogP contribution in [0.1, 0.15) is 41.7 Å². The molecular formula is C21H22F3N5O4. The number of piperidine rings is 1. The summed E-state index contributed by atoms with van der Waals surface area (Å²) in [5.41, 5.74) is 1.33. The standard InChI is InChI=1S/C19H21N5O2.C2HF3O2/c25-17-1-4-19(24(17)14-15-2-7-20-8-3-15)5-11-23(12-6-19)18(26)16-13-21-9-10-22-16;3-2(4,5)1(6)7/h2-3,7-10,13H,1,4-6,11-12,14H2;(H,6,7). The molecule has 2 amide bonds. The normalized spacial score (nSPS) is 17.5. The molecule has 176 valence electrons. The van der Waals surface area contributed by atoms with E-state index in [1.54, 1.807) is 18.6 Å². The maximum atomic E-state index is 12.6. The highest BCUT2D eigenvalue weighted by Crippen LogP contribution is 2.40. The number of alkyl halides is 3. The highest BCUT2D eigenvalue weighted by Gasteiger charge is 2.47. The third-order valence-corrected chi connectivity index (χ3v) is 5.77. The highest BCUT2D eigenvalue weighted by molar-refractivity contribution is 5.92. The van der Waals surface area contributed by atoms with Crippen molar-refractivity contribution in [1.29, 1.82) is 0 Å². The van der Waals surface area contributed by atoms with Gasteiger partial charge in [-0.2, -0.15) is 13.2 Å². The van der Waals surface area contributed by atoms with E-state index in [0.717, 1.165) is 24.8 Å². The number of amides is 2. The quantitative estimate of drug-likeness (QED) is 0.739. The molecule has 1 N–H and O–H groups in total. The molecule has 0 aliphatic carbocycles. The van der Waals surface area contributed by atoms with E-state index < -0.39 is 12.1 Å². The van der Waals surface area contributed by atoms with Crippen molar-refractivity contribution in [3.05, 3.63) is 54.4 Å². The van der Waals surface area contributed by atoms with Gasteiger partial charge in [0.2, 0.25) is 5.91 Å². The second-order valence-electron chi connectivity index (χ2n) is 7.75. The fraction of sp³-hybridized carbons (Fsp3) is 0.429. The smallest absolute Gasteiger partial charge is 0.475 e. The molecule has 2 aliphatic heterocycles. The van der Waals surface area contributed by atoms with Crippen molar-refractivity contribution >= 4 is 17.8 Å². The van der Waals surface area contributed by atoms with E-state index in [2.05, 4.69) is 15.0 Å². The average Bonchev–Trinajstić information content (AvgIpc) is 3.10. The van der Waals surface area contributed by atoms with Crippen LogP contribution in [-0.4, -0.2) is 72.4 Å². The molecule has 2 aliphatic rings. The number of pyridine rings is 1. The van der Waals surface area contributed by atoms with Crippen LogP contribution in [0.2, 0.25) is 0 Å². The lowest BCUT2D eigenvalue weighted by Gasteiger charge is -2.45. The van der Waals surface area contributed by atoms with Gasteiger partial charge in [-0.05, 0) is 37.0 Å². The minimum atomic E-state index is -5.08. The topological polar surface area (TPSA) is 117 Å². The molecule has 2 aromatic rings. The monoisotopic (exact) mass is 465 g/mol. The van der Waals surface area contributed by atoms with Gasteiger partial charge in [0.15, 0.2) is 0 Å². The number of halogens is 3. The number of carboxylic acid groups (broad SMARTS) is 1. The molecule has 0 atom stereocenters. The van der Waals surface area contributed by atoms with Crippen molar-refractivity contribution in [1.82, 2.24) is 24.8 Å². The zero-order valence-electron chi connectivity index (χ0n) is 17.5. The van der Waals surface area contributed by atoms with Crippen LogP contribution in [0.25, 0.3) is 0 Å². The van der Waals surface area contributed by atoms with Gasteiger partial charge in [0.05, 0.1) is 6.20 Å². The van der Waals surface area contributed by atoms with E-state index in [1.807, 2.05) is 21.9 Å². The van der Waals surface area contributed by atoms with Gasteiger partial charge in [-0.25, -0.2) is 9.78 Å². The van der Waals surface area contributed by atoms with Gasteiger partial charge in [-0.15, -0.1) is 0 Å². The molecular weight excluding hydrogens is 443 g/mol. The van der Waals surface area contributed by atoms with E-state index in [4.69, 9.17) is 9.90 Å². The van der Waals surface area contributed by atoms with Crippen molar-refractivity contribution in [2.45, 2.75) is 43.9 Å². The zero-order chi connectivity index (χ0) is 24.1. The Morgan fingerprint density at radius 2 is 1.67 bits per heavy atom. The number of nitrogens with zero attached hydrogens (tertiary/aromatic N) is 5. The summed E-state index contributed by atoms with van der Waals surface area (Å²) >= 11 is 0. The summed E-state index contributed by atoms with van der Waals surface area (Å²) in [6.07, 6.45) is 6.07. The lowest BCUT2D eigenvalue weighted by Crippen LogP contribution is -2.53.